The predicted molar refractivity (Wildman–Crippen MR) is 111 cm³/mol. The molecule has 0 spiro atoms. The van der Waals surface area contributed by atoms with Crippen molar-refractivity contribution in [3.8, 4) is 0 Å². The van der Waals surface area contributed by atoms with Gasteiger partial charge in [-0.3, -0.25) is 9.69 Å². The van der Waals surface area contributed by atoms with Gasteiger partial charge in [0, 0.05) is 34.2 Å². The Labute approximate surface area is 171 Å². The van der Waals surface area contributed by atoms with Crippen molar-refractivity contribution in [3.63, 3.8) is 0 Å². The van der Waals surface area contributed by atoms with Gasteiger partial charge in [0.25, 0.3) is 5.56 Å². The number of aromatic nitrogens is 3. The molecule has 8 nitrogen and oxygen atoms in total. The number of carbonyl (C=O) groups excluding carboxylic acids is 1. The fraction of sp³-hybridized carbons (Fsp3) is 0.300. The smallest absolute Gasteiger partial charge is 0.415 e. The Balaban J connectivity index is 1.56. The van der Waals surface area contributed by atoms with Gasteiger partial charge in [-0.05, 0) is 36.2 Å². The highest BCUT2D eigenvalue weighted by Crippen LogP contribution is 2.26. The molecule has 150 valence electrons. The van der Waals surface area contributed by atoms with Crippen LogP contribution in [-0.4, -0.2) is 33.7 Å². The van der Waals surface area contributed by atoms with E-state index in [1.807, 2.05) is 13.8 Å². The normalized spacial score (nSPS) is 16.5. The standard InChI is InChI=1S/C20H20ClN5O3/c1-11(2)16-10-29-20(28)26(16)17-5-6-22-19(25-17)23-9-13-7-12-8-14(21)3-4-15(12)24-18(13)27/h3-8,11,16H,9-10H2,1-2H3,(H,24,27)(H,22,23,25)/t16-/m1/s1. The molecule has 0 bridgehead atoms. The molecule has 1 amide bonds. The van der Waals surface area contributed by atoms with Gasteiger partial charge in [0.15, 0.2) is 0 Å². The highest BCUT2D eigenvalue weighted by atomic mass is 35.5. The van der Waals surface area contributed by atoms with Crippen LogP contribution in [-0.2, 0) is 11.3 Å². The molecule has 3 aromatic rings. The summed E-state index contributed by atoms with van der Waals surface area (Å²) in [7, 11) is 0. The molecule has 0 aliphatic carbocycles. The lowest BCUT2D eigenvalue weighted by molar-refractivity contribution is 0.177. The Hall–Kier alpha value is -3.13. The lowest BCUT2D eigenvalue weighted by atomic mass is 10.0. The summed E-state index contributed by atoms with van der Waals surface area (Å²) in [5.74, 6) is 0.994. The van der Waals surface area contributed by atoms with E-state index in [-0.39, 0.29) is 24.1 Å². The van der Waals surface area contributed by atoms with Crippen molar-refractivity contribution in [2.75, 3.05) is 16.8 Å². The molecule has 1 aromatic carbocycles. The second kappa shape index (κ2) is 7.71. The van der Waals surface area contributed by atoms with Crippen LogP contribution < -0.4 is 15.8 Å². The van der Waals surface area contributed by atoms with E-state index in [0.717, 1.165) is 5.39 Å². The molecule has 0 unspecified atom stereocenters. The van der Waals surface area contributed by atoms with Crippen LogP contribution in [0.25, 0.3) is 10.9 Å². The second-order valence-corrected chi connectivity index (χ2v) is 7.64. The molecule has 4 rings (SSSR count). The van der Waals surface area contributed by atoms with E-state index in [2.05, 4.69) is 20.3 Å². The van der Waals surface area contributed by atoms with Gasteiger partial charge < -0.3 is 15.0 Å². The minimum atomic E-state index is -0.420. The van der Waals surface area contributed by atoms with Crippen LogP contribution in [0.4, 0.5) is 16.6 Å². The van der Waals surface area contributed by atoms with E-state index in [1.54, 1.807) is 41.4 Å². The summed E-state index contributed by atoms with van der Waals surface area (Å²) in [5.41, 5.74) is 1.04. The van der Waals surface area contributed by atoms with Crippen molar-refractivity contribution < 1.29 is 9.53 Å². The van der Waals surface area contributed by atoms with Crippen LogP contribution in [0.5, 0.6) is 0 Å². The van der Waals surface area contributed by atoms with E-state index in [4.69, 9.17) is 16.3 Å². The molecule has 2 N–H and O–H groups in total. The Morgan fingerprint density at radius 2 is 2.14 bits per heavy atom. The monoisotopic (exact) mass is 413 g/mol. The maximum Gasteiger partial charge on any atom is 0.415 e. The molecule has 1 aliphatic heterocycles. The Bertz CT molecular complexity index is 1130. The number of anilines is 2. The van der Waals surface area contributed by atoms with Gasteiger partial charge in [0.2, 0.25) is 5.95 Å². The van der Waals surface area contributed by atoms with Gasteiger partial charge in [-0.1, -0.05) is 25.4 Å². The summed E-state index contributed by atoms with van der Waals surface area (Å²) >= 11 is 6.04. The maximum atomic E-state index is 12.3. The van der Waals surface area contributed by atoms with E-state index >= 15 is 0 Å². The molecule has 1 fully saturated rings. The number of amides is 1. The van der Waals surface area contributed by atoms with Crippen LogP contribution in [0.3, 0.4) is 0 Å². The first-order valence-corrected chi connectivity index (χ1v) is 9.64. The Morgan fingerprint density at radius 1 is 1.31 bits per heavy atom. The molecule has 1 atom stereocenters. The third-order valence-corrected chi connectivity index (χ3v) is 5.12. The fourth-order valence-electron chi connectivity index (χ4n) is 3.29. The number of H-pyrrole nitrogens is 1. The maximum absolute atomic E-state index is 12.3. The number of ether oxygens (including phenoxy) is 1. The molecule has 0 radical (unpaired) electrons. The molecular weight excluding hydrogens is 394 g/mol. The van der Waals surface area contributed by atoms with Crippen molar-refractivity contribution in [2.45, 2.75) is 26.4 Å². The van der Waals surface area contributed by atoms with Crippen LogP contribution in [0, 0.1) is 5.92 Å². The number of pyridine rings is 1. The van der Waals surface area contributed by atoms with Gasteiger partial charge in [-0.25, -0.2) is 9.78 Å². The lowest BCUT2D eigenvalue weighted by Gasteiger charge is -2.23. The average molecular weight is 414 g/mol. The van der Waals surface area contributed by atoms with Gasteiger partial charge in [0.1, 0.15) is 12.4 Å². The summed E-state index contributed by atoms with van der Waals surface area (Å²) < 4.78 is 5.18. The van der Waals surface area contributed by atoms with Crippen molar-refractivity contribution >= 4 is 40.4 Å². The van der Waals surface area contributed by atoms with Crippen LogP contribution in [0.15, 0.2) is 41.3 Å². The minimum absolute atomic E-state index is 0.0849. The van der Waals surface area contributed by atoms with Crippen LogP contribution in [0.2, 0.25) is 5.02 Å². The first kappa shape index (κ1) is 19.2. The van der Waals surface area contributed by atoms with Crippen molar-refractivity contribution in [2.24, 2.45) is 5.92 Å². The van der Waals surface area contributed by atoms with E-state index in [9.17, 15) is 9.59 Å². The third-order valence-electron chi connectivity index (χ3n) is 4.88. The summed E-state index contributed by atoms with van der Waals surface area (Å²) in [6.07, 6.45) is 1.15. The zero-order valence-electron chi connectivity index (χ0n) is 16.0. The van der Waals surface area contributed by atoms with Crippen molar-refractivity contribution in [3.05, 3.63) is 57.5 Å². The number of fused-ring (bicyclic) bond motifs is 1. The van der Waals surface area contributed by atoms with Gasteiger partial charge >= 0.3 is 6.09 Å². The van der Waals surface area contributed by atoms with E-state index in [1.165, 1.54) is 0 Å². The fourth-order valence-corrected chi connectivity index (χ4v) is 3.47. The van der Waals surface area contributed by atoms with Gasteiger partial charge in [-0.2, -0.15) is 4.98 Å². The average Bonchev–Trinajstić information content (AvgIpc) is 3.09. The third kappa shape index (κ3) is 3.88. The number of hydrogen-bond donors (Lipinski definition) is 2. The van der Waals surface area contributed by atoms with E-state index in [0.29, 0.717) is 34.5 Å². The number of rotatable bonds is 5. The molecular formula is C20H20ClN5O3. The van der Waals surface area contributed by atoms with Crippen molar-refractivity contribution in [1.29, 1.82) is 0 Å². The number of hydrogen-bond acceptors (Lipinski definition) is 6. The molecule has 29 heavy (non-hydrogen) atoms. The molecule has 1 aliphatic rings. The highest BCUT2D eigenvalue weighted by molar-refractivity contribution is 6.31. The summed E-state index contributed by atoms with van der Waals surface area (Å²) in [4.78, 5) is 37.5. The van der Waals surface area contributed by atoms with Gasteiger partial charge in [-0.15, -0.1) is 0 Å². The summed E-state index contributed by atoms with van der Waals surface area (Å²) in [6.45, 7) is 4.61. The summed E-state index contributed by atoms with van der Waals surface area (Å²) in [5, 5.41) is 4.48. The summed E-state index contributed by atoms with van der Waals surface area (Å²) in [6, 6.07) is 8.65. The number of benzene rings is 1. The number of cyclic esters (lactones) is 1. The van der Waals surface area contributed by atoms with Crippen molar-refractivity contribution in [1.82, 2.24) is 15.0 Å². The Kier molecular flexibility index (Phi) is 5.10. The minimum Gasteiger partial charge on any atom is -0.447 e. The van der Waals surface area contributed by atoms with Crippen LogP contribution >= 0.6 is 11.6 Å². The number of nitrogens with zero attached hydrogens (tertiary/aromatic N) is 3. The molecule has 9 heteroatoms. The molecule has 2 aromatic heterocycles. The first-order chi connectivity index (χ1) is 13.9. The zero-order chi connectivity index (χ0) is 20.5. The quantitative estimate of drug-likeness (QED) is 0.663. The Morgan fingerprint density at radius 3 is 2.93 bits per heavy atom. The SMILES string of the molecule is CC(C)[C@H]1COC(=O)N1c1ccnc(NCc2cc3cc(Cl)ccc3[nH]c2=O)n1. The lowest BCUT2D eigenvalue weighted by Crippen LogP contribution is -2.37. The molecule has 0 saturated carbocycles. The van der Waals surface area contributed by atoms with Gasteiger partial charge in [0.05, 0.1) is 6.04 Å². The zero-order valence-corrected chi connectivity index (χ0v) is 16.7. The number of nitrogens with one attached hydrogen (secondary N) is 2. The molecule has 1 saturated heterocycles. The number of halogens is 1. The number of carbonyl (C=O) groups is 1. The van der Waals surface area contributed by atoms with Crippen LogP contribution in [0.1, 0.15) is 19.4 Å². The first-order valence-electron chi connectivity index (χ1n) is 9.27. The predicted octanol–water partition coefficient (Wildman–Crippen LogP) is 3.56. The highest BCUT2D eigenvalue weighted by Gasteiger charge is 2.37. The second-order valence-electron chi connectivity index (χ2n) is 7.21. The molecule has 3 heterocycles. The number of aromatic amines is 1. The topological polar surface area (TPSA) is 100 Å². The van der Waals surface area contributed by atoms with E-state index < -0.39 is 6.09 Å². The largest absolute Gasteiger partial charge is 0.447 e.